The lowest BCUT2D eigenvalue weighted by molar-refractivity contribution is 0.0988. The second-order valence-electron chi connectivity index (χ2n) is 11.0. The molecule has 2 unspecified atom stereocenters. The number of piperidine rings is 1. The van der Waals surface area contributed by atoms with Gasteiger partial charge in [0.1, 0.15) is 5.82 Å². The van der Waals surface area contributed by atoms with Gasteiger partial charge in [0.05, 0.1) is 28.7 Å². The molecular formula is C31H30FN3O4S2. The average molecular weight is 592 g/mol. The SMILES string of the molecule is O=C(c1cccs1)N(CC1C2CN(S(=O)(=O)c3ccc4ccccc4c3)CC12)c1ccc(N2CCOCC2)c(F)c1. The summed E-state index contributed by atoms with van der Waals surface area (Å²) < 4.78 is 49.2. The lowest BCUT2D eigenvalue weighted by atomic mass is 10.1. The van der Waals surface area contributed by atoms with Crippen molar-refractivity contribution in [2.24, 2.45) is 17.8 Å². The highest BCUT2D eigenvalue weighted by Crippen LogP contribution is 2.53. The van der Waals surface area contributed by atoms with Gasteiger partial charge >= 0.3 is 0 Å². The number of morpholine rings is 1. The van der Waals surface area contributed by atoms with E-state index in [1.54, 1.807) is 33.5 Å². The summed E-state index contributed by atoms with van der Waals surface area (Å²) in [6.45, 7) is 3.64. The van der Waals surface area contributed by atoms with Gasteiger partial charge in [0.15, 0.2) is 0 Å². The van der Waals surface area contributed by atoms with Crippen LogP contribution in [0.3, 0.4) is 0 Å². The van der Waals surface area contributed by atoms with Gasteiger partial charge in [-0.3, -0.25) is 4.79 Å². The molecule has 1 aromatic heterocycles. The van der Waals surface area contributed by atoms with Crippen LogP contribution in [-0.2, 0) is 14.8 Å². The Balaban J connectivity index is 1.09. The quantitative estimate of drug-likeness (QED) is 0.300. The molecular weight excluding hydrogens is 561 g/mol. The van der Waals surface area contributed by atoms with Gasteiger partial charge < -0.3 is 14.5 Å². The van der Waals surface area contributed by atoms with Gasteiger partial charge in [-0.25, -0.2) is 12.8 Å². The monoisotopic (exact) mass is 591 g/mol. The number of anilines is 2. The van der Waals surface area contributed by atoms with Gasteiger partial charge in [-0.1, -0.05) is 36.4 Å². The molecule has 1 amide bonds. The zero-order valence-electron chi connectivity index (χ0n) is 22.4. The first-order chi connectivity index (χ1) is 19.9. The number of hydrogen-bond acceptors (Lipinski definition) is 6. The number of hydrogen-bond donors (Lipinski definition) is 0. The van der Waals surface area contributed by atoms with Crippen LogP contribution in [0.15, 0.2) is 83.1 Å². The number of rotatable bonds is 7. The van der Waals surface area contributed by atoms with Crippen LogP contribution in [0.4, 0.5) is 15.8 Å². The Morgan fingerprint density at radius 1 is 0.951 bits per heavy atom. The summed E-state index contributed by atoms with van der Waals surface area (Å²) in [4.78, 5) is 18.1. The van der Waals surface area contributed by atoms with Crippen LogP contribution >= 0.6 is 11.3 Å². The number of ether oxygens (including phenoxy) is 1. The Morgan fingerprint density at radius 2 is 1.71 bits per heavy atom. The van der Waals surface area contributed by atoms with E-state index in [0.717, 1.165) is 10.8 Å². The summed E-state index contributed by atoms with van der Waals surface area (Å²) >= 11 is 1.36. The molecule has 3 heterocycles. The average Bonchev–Trinajstić information content (AvgIpc) is 3.38. The van der Waals surface area contributed by atoms with Gasteiger partial charge in [-0.15, -0.1) is 11.3 Å². The van der Waals surface area contributed by atoms with Crippen molar-refractivity contribution in [3.8, 4) is 0 Å². The van der Waals surface area contributed by atoms with Gasteiger partial charge in [-0.2, -0.15) is 4.31 Å². The molecule has 1 aliphatic carbocycles. The maximum atomic E-state index is 15.3. The van der Waals surface area contributed by atoms with Gasteiger partial charge in [0.2, 0.25) is 10.0 Å². The first-order valence-electron chi connectivity index (χ1n) is 13.9. The molecule has 0 radical (unpaired) electrons. The number of halogens is 1. The number of fused-ring (bicyclic) bond motifs is 2. The van der Waals surface area contributed by atoms with E-state index >= 15 is 4.39 Å². The molecule has 0 bridgehead atoms. The van der Waals surface area contributed by atoms with Crippen LogP contribution < -0.4 is 9.80 Å². The van der Waals surface area contributed by atoms with E-state index in [0.29, 0.717) is 67.1 Å². The molecule has 212 valence electrons. The molecule has 0 N–H and O–H groups in total. The fraction of sp³-hybridized carbons (Fsp3) is 0.323. The molecule has 7 rings (SSSR count). The number of benzene rings is 3. The molecule has 2 atom stereocenters. The maximum absolute atomic E-state index is 15.3. The summed E-state index contributed by atoms with van der Waals surface area (Å²) in [5, 5.41) is 3.75. The third-order valence-corrected chi connectivity index (χ3v) is 11.3. The predicted octanol–water partition coefficient (Wildman–Crippen LogP) is 5.09. The number of sulfonamides is 1. The van der Waals surface area contributed by atoms with Crippen molar-refractivity contribution in [2.45, 2.75) is 4.90 Å². The Morgan fingerprint density at radius 3 is 2.41 bits per heavy atom. The largest absolute Gasteiger partial charge is 0.378 e. The van der Waals surface area contributed by atoms with E-state index in [2.05, 4.69) is 0 Å². The minimum Gasteiger partial charge on any atom is -0.378 e. The minimum absolute atomic E-state index is 0.156. The molecule has 41 heavy (non-hydrogen) atoms. The Kier molecular flexibility index (Phi) is 6.81. The fourth-order valence-corrected chi connectivity index (χ4v) is 8.55. The van der Waals surface area contributed by atoms with Crippen molar-refractivity contribution in [2.75, 3.05) is 55.7 Å². The highest BCUT2D eigenvalue weighted by Gasteiger charge is 2.58. The second kappa shape index (κ2) is 10.5. The zero-order valence-corrected chi connectivity index (χ0v) is 24.0. The third-order valence-electron chi connectivity index (χ3n) is 8.66. The predicted molar refractivity (Wildman–Crippen MR) is 159 cm³/mol. The van der Waals surface area contributed by atoms with Crippen LogP contribution in [0.5, 0.6) is 0 Å². The van der Waals surface area contributed by atoms with Crippen molar-refractivity contribution in [3.05, 3.63) is 88.9 Å². The number of thiophene rings is 1. The Bertz CT molecular complexity index is 1690. The fourth-order valence-electron chi connectivity index (χ4n) is 6.33. The summed E-state index contributed by atoms with van der Waals surface area (Å²) in [5.41, 5.74) is 1.03. The summed E-state index contributed by atoms with van der Waals surface area (Å²) in [7, 11) is -3.62. The normalized spacial score (nSPS) is 22.6. The van der Waals surface area contributed by atoms with Crippen LogP contribution in [0.25, 0.3) is 10.8 Å². The number of amides is 1. The van der Waals surface area contributed by atoms with E-state index in [9.17, 15) is 13.2 Å². The van der Waals surface area contributed by atoms with Gasteiger partial charge in [-0.05, 0) is 70.3 Å². The first kappa shape index (κ1) is 26.6. The molecule has 1 saturated carbocycles. The topological polar surface area (TPSA) is 70.2 Å². The molecule has 7 nitrogen and oxygen atoms in total. The molecule has 4 aromatic rings. The lowest BCUT2D eigenvalue weighted by Crippen LogP contribution is -2.37. The van der Waals surface area contributed by atoms with Gasteiger partial charge in [0, 0.05) is 38.4 Å². The summed E-state index contributed by atoms with van der Waals surface area (Å²) in [5.74, 6) is -0.0345. The van der Waals surface area contributed by atoms with E-state index in [1.165, 1.54) is 17.4 Å². The van der Waals surface area contributed by atoms with E-state index in [4.69, 9.17) is 4.74 Å². The molecule has 0 spiro atoms. The number of carbonyl (C=O) groups excluding carboxylic acids is 1. The van der Waals surface area contributed by atoms with Crippen LogP contribution in [0, 0.1) is 23.6 Å². The zero-order chi connectivity index (χ0) is 28.1. The molecule has 3 aromatic carbocycles. The highest BCUT2D eigenvalue weighted by atomic mass is 32.2. The minimum atomic E-state index is -3.62. The Labute approximate surface area is 242 Å². The van der Waals surface area contributed by atoms with Gasteiger partial charge in [0.25, 0.3) is 5.91 Å². The molecule has 3 aliphatic rings. The first-order valence-corrected chi connectivity index (χ1v) is 16.2. The summed E-state index contributed by atoms with van der Waals surface area (Å²) in [6.07, 6.45) is 0. The molecule has 2 saturated heterocycles. The number of carbonyl (C=O) groups is 1. The molecule has 10 heteroatoms. The number of nitrogens with zero attached hydrogens (tertiary/aromatic N) is 3. The maximum Gasteiger partial charge on any atom is 0.268 e. The van der Waals surface area contributed by atoms with Crippen LogP contribution in [0.1, 0.15) is 9.67 Å². The highest BCUT2D eigenvalue weighted by molar-refractivity contribution is 7.89. The second-order valence-corrected chi connectivity index (χ2v) is 13.8. The van der Waals surface area contributed by atoms with Crippen LogP contribution in [0.2, 0.25) is 0 Å². The van der Waals surface area contributed by atoms with E-state index in [-0.39, 0.29) is 29.5 Å². The van der Waals surface area contributed by atoms with Crippen molar-refractivity contribution in [3.63, 3.8) is 0 Å². The van der Waals surface area contributed by atoms with Crippen molar-refractivity contribution >= 4 is 49.4 Å². The molecule has 3 fully saturated rings. The van der Waals surface area contributed by atoms with E-state index < -0.39 is 10.0 Å². The van der Waals surface area contributed by atoms with Crippen molar-refractivity contribution in [1.29, 1.82) is 0 Å². The van der Waals surface area contributed by atoms with Crippen LogP contribution in [-0.4, -0.2) is 64.6 Å². The van der Waals surface area contributed by atoms with E-state index in [1.807, 2.05) is 52.7 Å². The Hall–Kier alpha value is -3.31. The summed E-state index contributed by atoms with van der Waals surface area (Å²) in [6, 6.07) is 21.6. The third kappa shape index (κ3) is 4.92. The standard InChI is InChI=1S/C31H30FN3O4S2/c32-28-17-23(8-10-29(28)33-11-13-39-14-12-33)35(31(36)30-6-3-15-40-30)20-27-25-18-34(19-26(25)27)41(37,38)24-9-7-21-4-1-2-5-22(21)16-24/h1-10,15-17,25-27H,11-14,18-20H2. The lowest BCUT2D eigenvalue weighted by Gasteiger charge is -2.30. The van der Waals surface area contributed by atoms with Crippen molar-refractivity contribution < 1.29 is 22.3 Å². The molecule has 2 aliphatic heterocycles. The van der Waals surface area contributed by atoms with Crippen molar-refractivity contribution in [1.82, 2.24) is 4.31 Å². The smallest absolute Gasteiger partial charge is 0.268 e.